The largest absolute Gasteiger partial charge is 0.733 e. The van der Waals surface area contributed by atoms with Crippen LogP contribution >= 0.6 is 46.4 Å². The molecule has 4 atom stereocenters. The molecule has 3 aromatic carbocycles. The van der Waals surface area contributed by atoms with Crippen LogP contribution in [0.1, 0.15) is 54.9 Å². The predicted octanol–water partition coefficient (Wildman–Crippen LogP) is 7.34. The molecule has 0 unspecified atom stereocenters. The number of hydrogen-bond acceptors (Lipinski definition) is 8. The van der Waals surface area contributed by atoms with Crippen LogP contribution in [0.5, 0.6) is 0 Å². The first-order valence-electron chi connectivity index (χ1n) is 10.2. The molecule has 0 aliphatic rings. The standard InChI is InChI=1S/C24H16Cl4N4O4/c25-21(23(27)17-7-1-13(11-29)9-19(17)31(33)34)15-3-5-16(6-4-15)22(26)24(28)18-8-2-14(12-30)10-20(18)32(35)36/h1-10,21-24,33,35H/q-2/t21-,22+,23+,24-. The molecule has 0 saturated heterocycles. The molecule has 3 aromatic rings. The minimum Gasteiger partial charge on any atom is -0.733 e. The van der Waals surface area contributed by atoms with E-state index in [9.17, 15) is 20.8 Å². The topological polar surface area (TPSA) is 141 Å². The van der Waals surface area contributed by atoms with Gasteiger partial charge in [-0.1, -0.05) is 36.4 Å². The summed E-state index contributed by atoms with van der Waals surface area (Å²) in [4.78, 5) is 0. The van der Waals surface area contributed by atoms with E-state index >= 15 is 0 Å². The van der Waals surface area contributed by atoms with Crippen LogP contribution in [0.4, 0.5) is 11.4 Å². The van der Waals surface area contributed by atoms with E-state index < -0.39 is 21.5 Å². The summed E-state index contributed by atoms with van der Waals surface area (Å²) in [7, 11) is 0. The quantitative estimate of drug-likeness (QED) is 0.213. The van der Waals surface area contributed by atoms with Gasteiger partial charge in [0, 0.05) is 0 Å². The van der Waals surface area contributed by atoms with Crippen molar-refractivity contribution in [2.75, 3.05) is 10.5 Å². The summed E-state index contributed by atoms with van der Waals surface area (Å²) in [6.45, 7) is 0. The maximum absolute atomic E-state index is 11.6. The molecule has 0 aliphatic carbocycles. The maximum atomic E-state index is 11.6. The van der Waals surface area contributed by atoms with Gasteiger partial charge in [-0.15, -0.1) is 46.4 Å². The van der Waals surface area contributed by atoms with Crippen molar-refractivity contribution in [2.24, 2.45) is 0 Å². The zero-order chi connectivity index (χ0) is 26.6. The summed E-state index contributed by atoms with van der Waals surface area (Å²) < 4.78 is 0. The molecule has 0 amide bonds. The average molecular weight is 566 g/mol. The fourth-order valence-corrected chi connectivity index (χ4v) is 4.76. The number of nitrogens with zero attached hydrogens (tertiary/aromatic N) is 4. The highest BCUT2D eigenvalue weighted by Crippen LogP contribution is 2.45. The van der Waals surface area contributed by atoms with Crippen LogP contribution in [-0.2, 0) is 0 Å². The van der Waals surface area contributed by atoms with Crippen molar-refractivity contribution >= 4 is 57.8 Å². The highest BCUT2D eigenvalue weighted by atomic mass is 35.5. The van der Waals surface area contributed by atoms with Gasteiger partial charge in [0.1, 0.15) is 0 Å². The van der Waals surface area contributed by atoms with E-state index in [0.29, 0.717) is 11.1 Å². The van der Waals surface area contributed by atoms with Crippen molar-refractivity contribution in [1.82, 2.24) is 0 Å². The van der Waals surface area contributed by atoms with Gasteiger partial charge in [-0.25, -0.2) is 0 Å². The molecule has 12 heteroatoms. The van der Waals surface area contributed by atoms with Crippen molar-refractivity contribution in [2.45, 2.75) is 21.5 Å². The Morgan fingerprint density at radius 2 is 0.944 bits per heavy atom. The Morgan fingerprint density at radius 1 is 0.611 bits per heavy atom. The van der Waals surface area contributed by atoms with E-state index in [1.54, 1.807) is 24.3 Å². The summed E-state index contributed by atoms with van der Waals surface area (Å²) in [6.07, 6.45) is 0. The molecule has 0 fully saturated rings. The lowest BCUT2D eigenvalue weighted by atomic mass is 9.97. The molecule has 36 heavy (non-hydrogen) atoms. The van der Waals surface area contributed by atoms with E-state index in [1.165, 1.54) is 36.4 Å². The SMILES string of the molecule is N#Cc1ccc([C@@H](Cl)[C@@H](Cl)c2ccc([C@@H](Cl)[C@@H](Cl)c3ccc(C#N)cc3N([O-])O)cc2)c(N([O-])O)c1. The lowest BCUT2D eigenvalue weighted by Gasteiger charge is -2.28. The van der Waals surface area contributed by atoms with Gasteiger partial charge in [-0.3, -0.25) is 10.4 Å². The molecule has 8 nitrogen and oxygen atoms in total. The highest BCUT2D eigenvalue weighted by Gasteiger charge is 2.26. The molecule has 2 N–H and O–H groups in total. The van der Waals surface area contributed by atoms with Gasteiger partial charge in [-0.2, -0.15) is 10.5 Å². The fourth-order valence-electron chi connectivity index (χ4n) is 3.54. The Labute approximate surface area is 226 Å². The Morgan fingerprint density at radius 3 is 1.22 bits per heavy atom. The second-order valence-electron chi connectivity index (χ2n) is 7.59. The van der Waals surface area contributed by atoms with Gasteiger partial charge in [-0.05, 0) is 46.5 Å². The Kier molecular flexibility index (Phi) is 9.26. The van der Waals surface area contributed by atoms with Gasteiger partial charge in [0.25, 0.3) is 0 Å². The minimum atomic E-state index is -0.940. The Bertz CT molecular complexity index is 1210. The van der Waals surface area contributed by atoms with E-state index in [4.69, 9.17) is 56.9 Å². The lowest BCUT2D eigenvalue weighted by Crippen LogP contribution is -2.13. The van der Waals surface area contributed by atoms with Crippen molar-refractivity contribution < 1.29 is 10.4 Å². The van der Waals surface area contributed by atoms with Crippen LogP contribution in [0.2, 0.25) is 0 Å². The second-order valence-corrected chi connectivity index (χ2v) is 9.47. The first-order valence-corrected chi connectivity index (χ1v) is 11.9. The van der Waals surface area contributed by atoms with Crippen LogP contribution < -0.4 is 10.5 Å². The molecule has 0 aliphatic heterocycles. The van der Waals surface area contributed by atoms with E-state index in [1.807, 2.05) is 12.1 Å². The molecule has 3 rings (SSSR count). The second kappa shape index (κ2) is 12.0. The van der Waals surface area contributed by atoms with Gasteiger partial charge < -0.3 is 20.9 Å². The Hall–Kier alpha value is -2.76. The average Bonchev–Trinajstić information content (AvgIpc) is 2.90. The van der Waals surface area contributed by atoms with Crippen molar-refractivity contribution in [3.63, 3.8) is 0 Å². The number of benzene rings is 3. The van der Waals surface area contributed by atoms with Gasteiger partial charge in [0.05, 0.1) is 56.1 Å². The molecule has 0 saturated carbocycles. The summed E-state index contributed by atoms with van der Waals surface area (Å²) in [5.41, 5.74) is 1.54. The third kappa shape index (κ3) is 5.96. The number of anilines is 2. The zero-order valence-electron chi connectivity index (χ0n) is 18.1. The molecule has 0 aromatic heterocycles. The number of alkyl halides is 4. The van der Waals surface area contributed by atoms with Crippen LogP contribution in [-0.4, -0.2) is 10.4 Å². The minimum absolute atomic E-state index is 0.165. The fraction of sp³-hybridized carbons (Fsp3) is 0.167. The van der Waals surface area contributed by atoms with Crippen LogP contribution in [0, 0.1) is 33.1 Å². The summed E-state index contributed by atoms with van der Waals surface area (Å²) in [5, 5.41) is 55.8. The van der Waals surface area contributed by atoms with Gasteiger partial charge in [0.2, 0.25) is 0 Å². The molecule has 0 spiro atoms. The summed E-state index contributed by atoms with van der Waals surface area (Å²) >= 11 is 26.2. The maximum Gasteiger partial charge on any atom is 0.0992 e. The zero-order valence-corrected chi connectivity index (χ0v) is 21.1. The summed E-state index contributed by atoms with van der Waals surface area (Å²) in [6, 6.07) is 18.6. The van der Waals surface area contributed by atoms with E-state index in [2.05, 4.69) is 0 Å². The van der Waals surface area contributed by atoms with Crippen LogP contribution in [0.3, 0.4) is 0 Å². The highest BCUT2D eigenvalue weighted by molar-refractivity contribution is 6.31. The molecule has 0 bridgehead atoms. The third-order valence-corrected chi connectivity index (χ3v) is 7.65. The van der Waals surface area contributed by atoms with E-state index in [0.717, 1.165) is 0 Å². The van der Waals surface area contributed by atoms with Gasteiger partial charge >= 0.3 is 0 Å². The number of halogens is 4. The number of nitriles is 2. The van der Waals surface area contributed by atoms with Crippen LogP contribution in [0.25, 0.3) is 0 Å². The van der Waals surface area contributed by atoms with Gasteiger partial charge in [0.15, 0.2) is 0 Å². The van der Waals surface area contributed by atoms with Crippen molar-refractivity contribution in [3.05, 3.63) is 104 Å². The summed E-state index contributed by atoms with van der Waals surface area (Å²) in [5.74, 6) is 0. The third-order valence-electron chi connectivity index (χ3n) is 5.41. The van der Waals surface area contributed by atoms with Crippen molar-refractivity contribution in [3.8, 4) is 12.1 Å². The smallest absolute Gasteiger partial charge is 0.0992 e. The number of rotatable bonds is 8. The normalized spacial score (nSPS) is 14.2. The monoisotopic (exact) mass is 564 g/mol. The predicted molar refractivity (Wildman–Crippen MR) is 138 cm³/mol. The molecule has 0 heterocycles. The van der Waals surface area contributed by atoms with Crippen molar-refractivity contribution in [1.29, 1.82) is 10.5 Å². The molecular weight excluding hydrogens is 550 g/mol. The Balaban J connectivity index is 1.84. The molecule has 186 valence electrons. The first-order chi connectivity index (χ1) is 17.1. The number of hydrogen-bond donors (Lipinski definition) is 2. The van der Waals surface area contributed by atoms with Crippen LogP contribution in [0.15, 0.2) is 60.7 Å². The molecular formula is C24H16Cl4N4O4-2. The lowest BCUT2D eigenvalue weighted by molar-refractivity contribution is 0.295. The first kappa shape index (κ1) is 27.8. The van der Waals surface area contributed by atoms with E-state index in [-0.39, 0.29) is 44.1 Å². The molecule has 0 radical (unpaired) electrons.